The Labute approximate surface area is 284 Å². The summed E-state index contributed by atoms with van der Waals surface area (Å²) in [6.45, 7) is 0. The van der Waals surface area contributed by atoms with E-state index >= 15 is 0 Å². The molecule has 0 saturated carbocycles. The van der Waals surface area contributed by atoms with Crippen molar-refractivity contribution in [1.82, 2.24) is 19.6 Å². The van der Waals surface area contributed by atoms with Crippen molar-refractivity contribution in [3.05, 3.63) is 101 Å². The Balaban J connectivity index is 0.000000166. The summed E-state index contributed by atoms with van der Waals surface area (Å²) in [6, 6.07) is 24.6. The number of aryl methyl sites for hydroxylation is 2. The molecule has 4 heterocycles. The standard InChI is InChI=1S/C15H14N2O2S2.C8H7BrN2S.C7H9BO4S/c1-17-9-8-13(16-17)15-7-6-14(20-15)11-4-3-5-12(10-11)21(2,18)19;1-11-5-4-6(10-11)7-2-3-8(9)12-7;1-13(11,12)7-4-2-3-6(5-7)8(9)10/h3-10H,1-2H3;2-5H,1H3;2-5,9-10H,1H3. The lowest BCUT2D eigenvalue weighted by Gasteiger charge is -2.01. The number of hydrogen-bond acceptors (Lipinski definition) is 10. The van der Waals surface area contributed by atoms with Gasteiger partial charge in [-0.25, -0.2) is 16.8 Å². The van der Waals surface area contributed by atoms with Crippen molar-refractivity contribution >= 4 is 70.9 Å². The summed E-state index contributed by atoms with van der Waals surface area (Å²) in [6.07, 6.45) is 6.14. The second-order valence-corrected chi connectivity index (χ2v) is 17.6. The van der Waals surface area contributed by atoms with E-state index in [-0.39, 0.29) is 10.4 Å². The monoisotopic (exact) mass is 760 g/mol. The fraction of sp³-hybridized carbons (Fsp3) is 0.133. The number of sulfone groups is 2. The summed E-state index contributed by atoms with van der Waals surface area (Å²) in [5.41, 5.74) is 3.04. The number of halogens is 1. The Bertz CT molecular complexity index is 2120. The smallest absolute Gasteiger partial charge is 0.423 e. The Morgan fingerprint density at radius 2 is 1.17 bits per heavy atom. The van der Waals surface area contributed by atoms with Gasteiger partial charge in [0.1, 0.15) is 11.4 Å². The largest absolute Gasteiger partial charge is 0.488 e. The summed E-state index contributed by atoms with van der Waals surface area (Å²) in [5, 5.41) is 26.2. The highest BCUT2D eigenvalue weighted by Crippen LogP contribution is 2.34. The molecule has 10 nitrogen and oxygen atoms in total. The molecule has 0 amide bonds. The van der Waals surface area contributed by atoms with Crippen LogP contribution < -0.4 is 5.46 Å². The molecule has 0 radical (unpaired) electrons. The predicted octanol–water partition coefficient (Wildman–Crippen LogP) is 4.90. The highest BCUT2D eigenvalue weighted by atomic mass is 79.9. The maximum atomic E-state index is 11.6. The van der Waals surface area contributed by atoms with E-state index in [2.05, 4.69) is 32.2 Å². The van der Waals surface area contributed by atoms with Gasteiger partial charge < -0.3 is 10.0 Å². The lowest BCUT2D eigenvalue weighted by Crippen LogP contribution is -2.30. The van der Waals surface area contributed by atoms with Gasteiger partial charge in [0, 0.05) is 43.9 Å². The quantitative estimate of drug-likeness (QED) is 0.228. The Morgan fingerprint density at radius 3 is 1.65 bits per heavy atom. The van der Waals surface area contributed by atoms with E-state index in [0.29, 0.717) is 4.90 Å². The van der Waals surface area contributed by atoms with E-state index in [1.807, 2.05) is 67.6 Å². The van der Waals surface area contributed by atoms with Crippen molar-refractivity contribution in [2.75, 3.05) is 12.5 Å². The van der Waals surface area contributed by atoms with E-state index in [1.165, 1.54) is 35.4 Å². The fourth-order valence-electron chi connectivity index (χ4n) is 3.96. The van der Waals surface area contributed by atoms with Crippen LogP contribution in [0, 0.1) is 0 Å². The van der Waals surface area contributed by atoms with Crippen LogP contribution in [-0.2, 0) is 33.8 Å². The van der Waals surface area contributed by atoms with Crippen molar-refractivity contribution in [2.24, 2.45) is 14.1 Å². The van der Waals surface area contributed by atoms with Crippen molar-refractivity contribution in [2.45, 2.75) is 9.79 Å². The van der Waals surface area contributed by atoms with Crippen molar-refractivity contribution in [3.63, 3.8) is 0 Å². The molecule has 46 heavy (non-hydrogen) atoms. The fourth-order valence-corrected chi connectivity index (χ4v) is 7.62. The second-order valence-electron chi connectivity index (χ2n) is 10.0. The molecular weight excluding hydrogens is 731 g/mol. The molecule has 6 rings (SSSR count). The first-order chi connectivity index (χ1) is 21.6. The maximum Gasteiger partial charge on any atom is 0.488 e. The van der Waals surface area contributed by atoms with Crippen molar-refractivity contribution in [3.8, 4) is 31.6 Å². The number of aromatic nitrogens is 4. The molecule has 0 aliphatic heterocycles. The van der Waals surface area contributed by atoms with Crippen molar-refractivity contribution in [1.29, 1.82) is 0 Å². The third-order valence-corrected chi connectivity index (χ3v) is 11.3. The summed E-state index contributed by atoms with van der Waals surface area (Å²) in [4.78, 5) is 3.71. The predicted molar refractivity (Wildman–Crippen MR) is 189 cm³/mol. The van der Waals surface area contributed by atoms with Gasteiger partial charge in [-0.1, -0.05) is 24.3 Å². The van der Waals surface area contributed by atoms with Crippen LogP contribution in [0.1, 0.15) is 0 Å². The van der Waals surface area contributed by atoms with Crippen molar-refractivity contribution < 1.29 is 26.9 Å². The molecule has 0 aliphatic rings. The van der Waals surface area contributed by atoms with E-state index < -0.39 is 26.8 Å². The molecule has 2 aromatic carbocycles. The summed E-state index contributed by atoms with van der Waals surface area (Å²) < 4.78 is 50.1. The van der Waals surface area contributed by atoms with E-state index in [9.17, 15) is 16.8 Å². The van der Waals surface area contributed by atoms with Gasteiger partial charge in [0.15, 0.2) is 19.7 Å². The molecule has 0 atom stereocenters. The second kappa shape index (κ2) is 15.0. The molecule has 0 unspecified atom stereocenters. The molecular formula is C30H30BBrN4O6S4. The minimum Gasteiger partial charge on any atom is -0.423 e. The van der Waals surface area contributed by atoms with Gasteiger partial charge in [0.2, 0.25) is 0 Å². The van der Waals surface area contributed by atoms with Crippen LogP contribution in [0.5, 0.6) is 0 Å². The minimum absolute atomic E-state index is 0.0816. The SMILES string of the molecule is CS(=O)(=O)c1cccc(B(O)O)c1.Cn1ccc(-c2ccc(-c3cccc(S(C)(=O)=O)c3)s2)n1.Cn1ccc(-c2ccc(Br)s2)n1. The zero-order valence-electron chi connectivity index (χ0n) is 25.1. The van der Waals surface area contributed by atoms with E-state index in [4.69, 9.17) is 10.0 Å². The molecule has 0 bridgehead atoms. The molecule has 16 heteroatoms. The first-order valence-corrected chi connectivity index (χ1v) is 19.6. The van der Waals surface area contributed by atoms with Gasteiger partial charge in [-0.2, -0.15) is 10.2 Å². The molecule has 2 N–H and O–H groups in total. The summed E-state index contributed by atoms with van der Waals surface area (Å²) >= 11 is 6.72. The van der Waals surface area contributed by atoms with Crippen LogP contribution >= 0.6 is 38.6 Å². The number of nitrogens with zero attached hydrogens (tertiary/aromatic N) is 4. The van der Waals surface area contributed by atoms with Gasteiger partial charge in [0.05, 0.1) is 23.3 Å². The molecule has 0 fully saturated rings. The number of benzene rings is 2. The van der Waals surface area contributed by atoms with Crippen LogP contribution in [0.3, 0.4) is 0 Å². The molecule has 4 aromatic heterocycles. The topological polar surface area (TPSA) is 144 Å². The van der Waals surface area contributed by atoms with Crippen LogP contribution in [-0.4, -0.2) is 66.1 Å². The van der Waals surface area contributed by atoms with Crippen LogP contribution in [0.15, 0.2) is 111 Å². The molecule has 0 aliphatic carbocycles. The highest BCUT2D eigenvalue weighted by molar-refractivity contribution is 9.11. The molecule has 240 valence electrons. The summed E-state index contributed by atoms with van der Waals surface area (Å²) in [5.74, 6) is 0. The maximum absolute atomic E-state index is 11.6. The first kappa shape index (κ1) is 35.5. The zero-order chi connectivity index (χ0) is 33.6. The van der Waals surface area contributed by atoms with E-state index in [0.717, 1.165) is 36.7 Å². The van der Waals surface area contributed by atoms with Gasteiger partial charge >= 0.3 is 7.12 Å². The van der Waals surface area contributed by atoms with Gasteiger partial charge in [0.25, 0.3) is 0 Å². The van der Waals surface area contributed by atoms with Crippen LogP contribution in [0.25, 0.3) is 31.6 Å². The number of thiophene rings is 2. The van der Waals surface area contributed by atoms with E-state index in [1.54, 1.807) is 45.6 Å². The van der Waals surface area contributed by atoms with Gasteiger partial charge in [-0.05, 0) is 87.6 Å². The van der Waals surface area contributed by atoms with Crippen LogP contribution in [0.2, 0.25) is 0 Å². The van der Waals surface area contributed by atoms with Crippen LogP contribution in [0.4, 0.5) is 0 Å². The highest BCUT2D eigenvalue weighted by Gasteiger charge is 2.14. The van der Waals surface area contributed by atoms with Gasteiger partial charge in [-0.15, -0.1) is 22.7 Å². The average Bonchev–Trinajstić information content (AvgIpc) is 3.81. The third-order valence-electron chi connectivity index (χ3n) is 6.24. The minimum atomic E-state index is -3.28. The lowest BCUT2D eigenvalue weighted by molar-refractivity contribution is 0.425. The Hall–Kier alpha value is -3.38. The molecule has 0 saturated heterocycles. The first-order valence-electron chi connectivity index (χ1n) is 13.4. The third kappa shape index (κ3) is 9.81. The Kier molecular flexibility index (Phi) is 11.6. The lowest BCUT2D eigenvalue weighted by atomic mass is 9.80. The average molecular weight is 762 g/mol. The zero-order valence-corrected chi connectivity index (χ0v) is 30.0. The normalized spacial score (nSPS) is 11.3. The Morgan fingerprint density at radius 1 is 0.674 bits per heavy atom. The number of hydrogen-bond donors (Lipinski definition) is 2. The number of rotatable bonds is 6. The summed E-state index contributed by atoms with van der Waals surface area (Å²) in [7, 11) is -4.30. The molecule has 0 spiro atoms. The molecule has 6 aromatic rings. The van der Waals surface area contributed by atoms with Gasteiger partial charge in [-0.3, -0.25) is 9.36 Å².